The van der Waals surface area contributed by atoms with Gasteiger partial charge in [0.05, 0.1) is 0 Å². The Kier molecular flexibility index (Phi) is 2.81. The molecule has 3 atom stereocenters. The molecule has 4 rings (SSSR count). The van der Waals surface area contributed by atoms with Crippen LogP contribution in [0.1, 0.15) is 43.6 Å². The third-order valence-electron chi connectivity index (χ3n) is 5.52. The Morgan fingerprint density at radius 1 is 1.05 bits per heavy atom. The van der Waals surface area contributed by atoms with Crippen molar-refractivity contribution in [3.63, 3.8) is 0 Å². The molecule has 0 unspecified atom stereocenters. The SMILES string of the molecule is O=C(NNC(=O)[C@H]1CC12CCC2)[C@H]1C[C@@H]1c1ccccc1. The van der Waals surface area contributed by atoms with Crippen LogP contribution in [0.2, 0.25) is 0 Å². The molecule has 0 bridgehead atoms. The zero-order chi connectivity index (χ0) is 14.4. The summed E-state index contributed by atoms with van der Waals surface area (Å²) in [7, 11) is 0. The molecule has 3 saturated carbocycles. The lowest BCUT2D eigenvalue weighted by atomic mass is 9.80. The van der Waals surface area contributed by atoms with Gasteiger partial charge in [-0.1, -0.05) is 36.8 Å². The Morgan fingerprint density at radius 3 is 2.38 bits per heavy atom. The van der Waals surface area contributed by atoms with E-state index in [1.807, 2.05) is 18.2 Å². The molecule has 3 fully saturated rings. The van der Waals surface area contributed by atoms with E-state index in [0.29, 0.717) is 11.3 Å². The molecule has 4 heteroatoms. The molecule has 1 aromatic rings. The molecule has 1 aromatic carbocycles. The Balaban J connectivity index is 1.25. The summed E-state index contributed by atoms with van der Waals surface area (Å²) in [5.74, 6) is 0.391. The maximum atomic E-state index is 12.1. The van der Waals surface area contributed by atoms with Crippen LogP contribution in [0.4, 0.5) is 0 Å². The maximum Gasteiger partial charge on any atom is 0.242 e. The number of benzene rings is 1. The molecule has 0 radical (unpaired) electrons. The molecule has 1 spiro atoms. The van der Waals surface area contributed by atoms with E-state index in [0.717, 1.165) is 12.8 Å². The second-order valence-electron chi connectivity index (χ2n) is 6.81. The summed E-state index contributed by atoms with van der Waals surface area (Å²) < 4.78 is 0. The fourth-order valence-corrected chi connectivity index (χ4v) is 3.76. The first-order valence-corrected chi connectivity index (χ1v) is 7.84. The topological polar surface area (TPSA) is 58.2 Å². The van der Waals surface area contributed by atoms with Gasteiger partial charge in [-0.15, -0.1) is 0 Å². The first-order valence-electron chi connectivity index (χ1n) is 7.84. The van der Waals surface area contributed by atoms with Gasteiger partial charge in [0.25, 0.3) is 0 Å². The van der Waals surface area contributed by atoms with Gasteiger partial charge in [0.1, 0.15) is 0 Å². The summed E-state index contributed by atoms with van der Waals surface area (Å²) in [5, 5.41) is 0. The molecule has 0 aliphatic heterocycles. The van der Waals surface area contributed by atoms with Crippen molar-refractivity contribution >= 4 is 11.8 Å². The minimum Gasteiger partial charge on any atom is -0.273 e. The lowest BCUT2D eigenvalue weighted by Gasteiger charge is -2.26. The highest BCUT2D eigenvalue weighted by Gasteiger charge is 2.61. The molecule has 110 valence electrons. The highest BCUT2D eigenvalue weighted by molar-refractivity contribution is 5.88. The van der Waals surface area contributed by atoms with Crippen molar-refractivity contribution in [2.75, 3.05) is 0 Å². The van der Waals surface area contributed by atoms with Crippen LogP contribution in [-0.2, 0) is 9.59 Å². The third-order valence-corrected chi connectivity index (χ3v) is 5.52. The number of carbonyl (C=O) groups excluding carboxylic acids is 2. The number of nitrogens with one attached hydrogen (secondary N) is 2. The van der Waals surface area contributed by atoms with Crippen LogP contribution in [0.3, 0.4) is 0 Å². The van der Waals surface area contributed by atoms with E-state index >= 15 is 0 Å². The Hall–Kier alpha value is -1.84. The van der Waals surface area contributed by atoms with E-state index in [1.54, 1.807) is 0 Å². The van der Waals surface area contributed by atoms with E-state index < -0.39 is 0 Å². The summed E-state index contributed by atoms with van der Waals surface area (Å²) in [4.78, 5) is 24.0. The van der Waals surface area contributed by atoms with Crippen molar-refractivity contribution in [3.8, 4) is 0 Å². The number of hydrogen-bond acceptors (Lipinski definition) is 2. The molecule has 0 heterocycles. The van der Waals surface area contributed by atoms with Crippen molar-refractivity contribution in [3.05, 3.63) is 35.9 Å². The average Bonchev–Trinajstić information content (AvgIpc) is 3.36. The summed E-state index contributed by atoms with van der Waals surface area (Å²) in [5.41, 5.74) is 6.75. The van der Waals surface area contributed by atoms with Gasteiger partial charge in [0.2, 0.25) is 11.8 Å². The Morgan fingerprint density at radius 2 is 1.76 bits per heavy atom. The number of hydrogen-bond donors (Lipinski definition) is 2. The molecular formula is C17H20N2O2. The van der Waals surface area contributed by atoms with E-state index in [9.17, 15) is 9.59 Å². The number of hydrazine groups is 1. The van der Waals surface area contributed by atoms with Crippen molar-refractivity contribution in [2.24, 2.45) is 17.3 Å². The van der Waals surface area contributed by atoms with Gasteiger partial charge in [-0.05, 0) is 42.6 Å². The molecule has 2 N–H and O–H groups in total. The molecule has 0 saturated heterocycles. The predicted octanol–water partition coefficient (Wildman–Crippen LogP) is 2.13. The molecule has 0 aromatic heterocycles. The van der Waals surface area contributed by atoms with Gasteiger partial charge >= 0.3 is 0 Å². The largest absolute Gasteiger partial charge is 0.273 e. The van der Waals surface area contributed by atoms with Crippen LogP contribution in [0.5, 0.6) is 0 Å². The summed E-state index contributed by atoms with van der Waals surface area (Å²) in [6.45, 7) is 0. The second-order valence-corrected chi connectivity index (χ2v) is 6.81. The monoisotopic (exact) mass is 284 g/mol. The molecule has 21 heavy (non-hydrogen) atoms. The zero-order valence-electron chi connectivity index (χ0n) is 12.0. The highest BCUT2D eigenvalue weighted by atomic mass is 16.2. The van der Waals surface area contributed by atoms with Gasteiger partial charge < -0.3 is 0 Å². The fraction of sp³-hybridized carbons (Fsp3) is 0.529. The first-order chi connectivity index (χ1) is 10.2. The smallest absolute Gasteiger partial charge is 0.242 e. The van der Waals surface area contributed by atoms with Crippen LogP contribution in [0.15, 0.2) is 30.3 Å². The summed E-state index contributed by atoms with van der Waals surface area (Å²) >= 11 is 0. The molecule has 2 amide bonds. The number of rotatable bonds is 3. The number of amides is 2. The van der Waals surface area contributed by atoms with E-state index in [2.05, 4.69) is 23.0 Å². The fourth-order valence-electron chi connectivity index (χ4n) is 3.76. The van der Waals surface area contributed by atoms with Crippen molar-refractivity contribution < 1.29 is 9.59 Å². The van der Waals surface area contributed by atoms with Crippen LogP contribution < -0.4 is 10.9 Å². The quantitative estimate of drug-likeness (QED) is 0.835. The third kappa shape index (κ3) is 2.23. The van der Waals surface area contributed by atoms with E-state index in [1.165, 1.54) is 24.8 Å². The van der Waals surface area contributed by atoms with Crippen LogP contribution >= 0.6 is 0 Å². The first kappa shape index (κ1) is 12.9. The van der Waals surface area contributed by atoms with Gasteiger partial charge in [-0.3, -0.25) is 20.4 Å². The Labute approximate surface area is 124 Å². The lowest BCUT2D eigenvalue weighted by molar-refractivity contribution is -0.131. The van der Waals surface area contributed by atoms with Gasteiger partial charge in [0, 0.05) is 11.8 Å². The molecular weight excluding hydrogens is 264 g/mol. The van der Waals surface area contributed by atoms with Gasteiger partial charge in [-0.2, -0.15) is 0 Å². The molecule has 3 aliphatic carbocycles. The average molecular weight is 284 g/mol. The highest BCUT2D eigenvalue weighted by Crippen LogP contribution is 2.65. The van der Waals surface area contributed by atoms with Crippen molar-refractivity contribution in [1.82, 2.24) is 10.9 Å². The Bertz CT molecular complexity index is 580. The van der Waals surface area contributed by atoms with Crippen LogP contribution in [0, 0.1) is 17.3 Å². The second kappa shape index (κ2) is 4.58. The van der Waals surface area contributed by atoms with Crippen molar-refractivity contribution in [1.29, 1.82) is 0 Å². The normalized spacial score (nSPS) is 31.1. The van der Waals surface area contributed by atoms with Gasteiger partial charge in [0.15, 0.2) is 0 Å². The minimum atomic E-state index is -0.0551. The van der Waals surface area contributed by atoms with Crippen LogP contribution in [-0.4, -0.2) is 11.8 Å². The van der Waals surface area contributed by atoms with Crippen molar-refractivity contribution in [2.45, 2.75) is 38.0 Å². The molecule has 3 aliphatic rings. The van der Waals surface area contributed by atoms with E-state index in [-0.39, 0.29) is 23.7 Å². The lowest BCUT2D eigenvalue weighted by Crippen LogP contribution is -2.44. The standard InChI is InChI=1S/C17H20N2O2/c20-15(13-9-12(13)11-5-2-1-3-6-11)18-19-16(21)14-10-17(14)7-4-8-17/h1-3,5-6,12-14H,4,7-10H2,(H,18,20)(H,19,21)/t12-,13+,14-/m1/s1. The van der Waals surface area contributed by atoms with Gasteiger partial charge in [-0.25, -0.2) is 0 Å². The number of carbonyl (C=O) groups is 2. The van der Waals surface area contributed by atoms with Crippen LogP contribution in [0.25, 0.3) is 0 Å². The van der Waals surface area contributed by atoms with E-state index in [4.69, 9.17) is 0 Å². The minimum absolute atomic E-state index is 0.0000360. The maximum absolute atomic E-state index is 12.1. The molecule has 4 nitrogen and oxygen atoms in total. The summed E-state index contributed by atoms with van der Waals surface area (Å²) in [6.07, 6.45) is 5.48. The zero-order valence-corrected chi connectivity index (χ0v) is 12.0. The summed E-state index contributed by atoms with van der Waals surface area (Å²) in [6, 6.07) is 10.1. The predicted molar refractivity (Wildman–Crippen MR) is 78.0 cm³/mol.